The molecule has 0 bridgehead atoms. The molecular formula is C15H22N4O3. The van der Waals surface area contributed by atoms with Crippen LogP contribution in [0.5, 0.6) is 0 Å². The van der Waals surface area contributed by atoms with Crippen LogP contribution in [-0.2, 0) is 21.6 Å². The predicted molar refractivity (Wildman–Crippen MR) is 78.4 cm³/mol. The van der Waals surface area contributed by atoms with Crippen LogP contribution >= 0.6 is 0 Å². The minimum Gasteiger partial charge on any atom is -0.420 e. The van der Waals surface area contributed by atoms with E-state index in [1.54, 1.807) is 0 Å². The summed E-state index contributed by atoms with van der Waals surface area (Å²) in [6, 6.07) is 2.02. The Hall–Kier alpha value is -1.73. The topological polar surface area (TPSA) is 75.2 Å². The fourth-order valence-corrected chi connectivity index (χ4v) is 2.77. The Balaban J connectivity index is 1.81. The molecule has 1 aliphatic heterocycles. The summed E-state index contributed by atoms with van der Waals surface area (Å²) in [6.45, 7) is 9.51. The van der Waals surface area contributed by atoms with Crippen LogP contribution in [0.3, 0.4) is 0 Å². The number of rotatable bonds is 5. The molecule has 0 aliphatic carbocycles. The van der Waals surface area contributed by atoms with E-state index in [1.807, 2.05) is 38.4 Å². The molecule has 120 valence electrons. The lowest BCUT2D eigenvalue weighted by atomic mass is 10.0. The molecule has 3 rings (SSSR count). The van der Waals surface area contributed by atoms with Gasteiger partial charge in [0.05, 0.1) is 25.0 Å². The van der Waals surface area contributed by atoms with Crippen molar-refractivity contribution in [3.05, 3.63) is 29.2 Å². The third kappa shape index (κ3) is 2.91. The third-order valence-corrected chi connectivity index (χ3v) is 3.69. The van der Waals surface area contributed by atoms with Gasteiger partial charge in [0.2, 0.25) is 5.89 Å². The Morgan fingerprint density at radius 3 is 2.77 bits per heavy atom. The average Bonchev–Trinajstić information content (AvgIpc) is 3.12. The summed E-state index contributed by atoms with van der Waals surface area (Å²) < 4.78 is 19.2. The maximum Gasteiger partial charge on any atom is 0.250 e. The van der Waals surface area contributed by atoms with E-state index < -0.39 is 5.60 Å². The molecule has 7 nitrogen and oxygen atoms in total. The van der Waals surface area contributed by atoms with Gasteiger partial charge in [0.15, 0.2) is 5.60 Å². The fraction of sp³-hybridized carbons (Fsp3) is 0.667. The first kappa shape index (κ1) is 15.2. The van der Waals surface area contributed by atoms with E-state index in [9.17, 15) is 0 Å². The van der Waals surface area contributed by atoms with E-state index in [0.29, 0.717) is 31.5 Å². The Bertz CT molecular complexity index is 641. The molecule has 22 heavy (non-hydrogen) atoms. The number of aryl methyl sites for hydroxylation is 2. The quantitative estimate of drug-likeness (QED) is 0.840. The van der Waals surface area contributed by atoms with E-state index in [1.165, 1.54) is 0 Å². The zero-order valence-corrected chi connectivity index (χ0v) is 13.5. The van der Waals surface area contributed by atoms with Crippen LogP contribution in [0.15, 0.2) is 10.5 Å². The van der Waals surface area contributed by atoms with Gasteiger partial charge in [0.1, 0.15) is 6.54 Å². The molecule has 7 heteroatoms. The van der Waals surface area contributed by atoms with Gasteiger partial charge in [-0.2, -0.15) is 5.10 Å². The molecule has 1 saturated heterocycles. The molecule has 1 aliphatic rings. The van der Waals surface area contributed by atoms with Gasteiger partial charge in [-0.3, -0.25) is 4.68 Å². The standard InChI is InChI=1S/C15H22N4O3/c1-10(2)22-15(5-6-20-9-15)14-17-16-13(21-14)8-19-12(4)7-11(3)18-19/h7,10H,5-6,8-9H2,1-4H3. The summed E-state index contributed by atoms with van der Waals surface area (Å²) in [5.74, 6) is 1.02. The zero-order valence-electron chi connectivity index (χ0n) is 13.5. The lowest BCUT2D eigenvalue weighted by Gasteiger charge is -2.26. The van der Waals surface area contributed by atoms with Crippen LogP contribution in [0.25, 0.3) is 0 Å². The fourth-order valence-electron chi connectivity index (χ4n) is 2.77. The van der Waals surface area contributed by atoms with Crippen molar-refractivity contribution in [2.75, 3.05) is 13.2 Å². The van der Waals surface area contributed by atoms with E-state index in [0.717, 1.165) is 17.8 Å². The molecule has 0 radical (unpaired) electrons. The number of hydrogen-bond donors (Lipinski definition) is 0. The lowest BCUT2D eigenvalue weighted by Crippen LogP contribution is -2.33. The van der Waals surface area contributed by atoms with Gasteiger partial charge in [-0.15, -0.1) is 10.2 Å². The van der Waals surface area contributed by atoms with E-state index in [-0.39, 0.29) is 6.10 Å². The van der Waals surface area contributed by atoms with Crippen LogP contribution in [0.4, 0.5) is 0 Å². The number of nitrogens with zero attached hydrogens (tertiary/aromatic N) is 4. The highest BCUT2D eigenvalue weighted by Crippen LogP contribution is 2.34. The van der Waals surface area contributed by atoms with E-state index in [4.69, 9.17) is 13.9 Å². The van der Waals surface area contributed by atoms with Gasteiger partial charge in [0.25, 0.3) is 5.89 Å². The molecule has 2 aromatic rings. The second-order valence-electron chi connectivity index (χ2n) is 6.05. The first-order valence-electron chi connectivity index (χ1n) is 7.58. The summed E-state index contributed by atoms with van der Waals surface area (Å²) in [4.78, 5) is 0. The minimum absolute atomic E-state index is 0.0630. The maximum absolute atomic E-state index is 6.03. The van der Waals surface area contributed by atoms with Gasteiger partial charge in [0, 0.05) is 12.1 Å². The molecular weight excluding hydrogens is 284 g/mol. The number of ether oxygens (including phenoxy) is 2. The smallest absolute Gasteiger partial charge is 0.250 e. The van der Waals surface area contributed by atoms with Crippen molar-refractivity contribution in [1.29, 1.82) is 0 Å². The van der Waals surface area contributed by atoms with Crippen molar-refractivity contribution < 1.29 is 13.9 Å². The first-order chi connectivity index (χ1) is 10.5. The second kappa shape index (κ2) is 5.81. The molecule has 1 unspecified atom stereocenters. The lowest BCUT2D eigenvalue weighted by molar-refractivity contribution is -0.103. The number of hydrogen-bond acceptors (Lipinski definition) is 6. The second-order valence-corrected chi connectivity index (χ2v) is 6.05. The van der Waals surface area contributed by atoms with Crippen molar-refractivity contribution in [3.63, 3.8) is 0 Å². The van der Waals surface area contributed by atoms with Crippen LogP contribution < -0.4 is 0 Å². The maximum atomic E-state index is 6.03. The molecule has 0 saturated carbocycles. The molecule has 0 amide bonds. The van der Waals surface area contributed by atoms with Crippen molar-refractivity contribution in [3.8, 4) is 0 Å². The molecule has 1 fully saturated rings. The van der Waals surface area contributed by atoms with Gasteiger partial charge in [-0.1, -0.05) is 0 Å². The SMILES string of the molecule is Cc1cc(C)n(Cc2nnc(C3(OC(C)C)CCOC3)o2)n1. The molecule has 0 aromatic carbocycles. The van der Waals surface area contributed by atoms with Crippen LogP contribution in [0.1, 0.15) is 43.4 Å². The Labute approximate surface area is 129 Å². The Morgan fingerprint density at radius 1 is 1.36 bits per heavy atom. The summed E-state index contributed by atoms with van der Waals surface area (Å²) in [6.07, 6.45) is 0.792. The van der Waals surface area contributed by atoms with Crippen LogP contribution in [0, 0.1) is 13.8 Å². The first-order valence-corrected chi connectivity index (χ1v) is 7.58. The van der Waals surface area contributed by atoms with Crippen molar-refractivity contribution in [1.82, 2.24) is 20.0 Å². The predicted octanol–water partition coefficient (Wildman–Crippen LogP) is 1.97. The summed E-state index contributed by atoms with van der Waals surface area (Å²) in [5.41, 5.74) is 1.42. The number of aromatic nitrogens is 4. The minimum atomic E-state index is -0.617. The Kier molecular flexibility index (Phi) is 4.01. The monoisotopic (exact) mass is 306 g/mol. The van der Waals surface area contributed by atoms with Crippen molar-refractivity contribution >= 4 is 0 Å². The van der Waals surface area contributed by atoms with Crippen LogP contribution in [0.2, 0.25) is 0 Å². The van der Waals surface area contributed by atoms with E-state index >= 15 is 0 Å². The summed E-state index contributed by atoms with van der Waals surface area (Å²) in [7, 11) is 0. The van der Waals surface area contributed by atoms with Crippen molar-refractivity contribution in [2.24, 2.45) is 0 Å². The third-order valence-electron chi connectivity index (χ3n) is 3.69. The van der Waals surface area contributed by atoms with Crippen molar-refractivity contribution in [2.45, 2.75) is 52.4 Å². The van der Waals surface area contributed by atoms with Gasteiger partial charge in [-0.05, 0) is 33.8 Å². The van der Waals surface area contributed by atoms with Crippen LogP contribution in [-0.4, -0.2) is 39.3 Å². The Morgan fingerprint density at radius 2 is 2.18 bits per heavy atom. The van der Waals surface area contributed by atoms with Gasteiger partial charge >= 0.3 is 0 Å². The average molecular weight is 306 g/mol. The van der Waals surface area contributed by atoms with Gasteiger partial charge in [-0.25, -0.2) is 0 Å². The zero-order chi connectivity index (χ0) is 15.7. The largest absolute Gasteiger partial charge is 0.420 e. The normalized spacial score (nSPS) is 21.9. The highest BCUT2D eigenvalue weighted by atomic mass is 16.6. The van der Waals surface area contributed by atoms with E-state index in [2.05, 4.69) is 15.3 Å². The highest BCUT2D eigenvalue weighted by Gasteiger charge is 2.43. The molecule has 0 N–H and O–H groups in total. The summed E-state index contributed by atoms with van der Waals surface area (Å²) >= 11 is 0. The summed E-state index contributed by atoms with van der Waals surface area (Å²) in [5, 5.41) is 12.7. The molecule has 3 heterocycles. The molecule has 1 atom stereocenters. The molecule has 0 spiro atoms. The highest BCUT2D eigenvalue weighted by molar-refractivity contribution is 5.08. The van der Waals surface area contributed by atoms with Gasteiger partial charge < -0.3 is 13.9 Å². The molecule has 2 aromatic heterocycles.